The monoisotopic (exact) mass is 221 g/mol. The fraction of sp³-hybridized carbons (Fsp3) is 0.867. The van der Waals surface area contributed by atoms with Gasteiger partial charge in [-0.3, -0.25) is 0 Å². The number of hydrogen-bond acceptors (Lipinski definition) is 1. The van der Waals surface area contributed by atoms with Crippen molar-refractivity contribution < 1.29 is 0 Å². The van der Waals surface area contributed by atoms with Crippen LogP contribution in [0, 0.1) is 5.92 Å². The number of allylic oxidation sites excluding steroid dienone is 1. The lowest BCUT2D eigenvalue weighted by atomic mass is 9.85. The Morgan fingerprint density at radius 1 is 1.06 bits per heavy atom. The second-order valence-electron chi connectivity index (χ2n) is 5.73. The lowest BCUT2D eigenvalue weighted by Crippen LogP contribution is -2.30. The first-order valence-corrected chi connectivity index (χ1v) is 7.30. The first kappa shape index (κ1) is 12.2. The summed E-state index contributed by atoms with van der Waals surface area (Å²) in [5, 5.41) is 0. The van der Waals surface area contributed by atoms with Gasteiger partial charge < -0.3 is 5.73 Å². The van der Waals surface area contributed by atoms with Crippen molar-refractivity contribution in [1.82, 2.24) is 0 Å². The molecule has 1 saturated carbocycles. The molecule has 0 radical (unpaired) electrons. The van der Waals surface area contributed by atoms with E-state index in [-0.39, 0.29) is 0 Å². The van der Waals surface area contributed by atoms with E-state index in [9.17, 15) is 0 Å². The summed E-state index contributed by atoms with van der Waals surface area (Å²) in [7, 11) is 0. The molecule has 0 saturated heterocycles. The molecular formula is C15H27N. The maximum atomic E-state index is 6.41. The minimum Gasteiger partial charge on any atom is -0.327 e. The third kappa shape index (κ3) is 3.62. The third-order valence-electron chi connectivity index (χ3n) is 4.39. The maximum absolute atomic E-state index is 6.41. The molecule has 1 atom stereocenters. The Morgan fingerprint density at radius 2 is 1.81 bits per heavy atom. The van der Waals surface area contributed by atoms with Gasteiger partial charge in [-0.15, -0.1) is 0 Å². The van der Waals surface area contributed by atoms with Gasteiger partial charge in [0, 0.05) is 6.04 Å². The molecule has 0 aromatic rings. The SMILES string of the molecule is NC(CC1=CCCCC1)C1CCCCCC1. The van der Waals surface area contributed by atoms with Crippen LogP contribution in [-0.4, -0.2) is 6.04 Å². The molecule has 1 nitrogen and oxygen atoms in total. The molecule has 1 fully saturated rings. The van der Waals surface area contributed by atoms with E-state index in [1.54, 1.807) is 5.57 Å². The maximum Gasteiger partial charge on any atom is 0.0104 e. The van der Waals surface area contributed by atoms with Crippen LogP contribution in [-0.2, 0) is 0 Å². The predicted octanol–water partition coefficient (Wildman–Crippen LogP) is 4.17. The highest BCUT2D eigenvalue weighted by molar-refractivity contribution is 5.07. The van der Waals surface area contributed by atoms with Gasteiger partial charge in [-0.25, -0.2) is 0 Å². The summed E-state index contributed by atoms with van der Waals surface area (Å²) < 4.78 is 0. The molecule has 0 aromatic carbocycles. The van der Waals surface area contributed by atoms with Crippen LogP contribution in [0.5, 0.6) is 0 Å². The van der Waals surface area contributed by atoms with Gasteiger partial charge in [0.1, 0.15) is 0 Å². The molecule has 0 spiro atoms. The lowest BCUT2D eigenvalue weighted by Gasteiger charge is -2.24. The van der Waals surface area contributed by atoms with Crippen LogP contribution in [0.15, 0.2) is 11.6 Å². The van der Waals surface area contributed by atoms with Crippen molar-refractivity contribution >= 4 is 0 Å². The van der Waals surface area contributed by atoms with Crippen LogP contribution in [0.3, 0.4) is 0 Å². The summed E-state index contributed by atoms with van der Waals surface area (Å²) in [5.41, 5.74) is 8.06. The number of nitrogens with two attached hydrogens (primary N) is 1. The molecule has 1 heteroatoms. The molecule has 0 bridgehead atoms. The normalized spacial score (nSPS) is 25.9. The summed E-state index contributed by atoms with van der Waals surface area (Å²) in [6.45, 7) is 0. The molecule has 16 heavy (non-hydrogen) atoms. The van der Waals surface area contributed by atoms with E-state index in [2.05, 4.69) is 6.08 Å². The Balaban J connectivity index is 1.81. The Morgan fingerprint density at radius 3 is 2.44 bits per heavy atom. The van der Waals surface area contributed by atoms with Gasteiger partial charge in [0.15, 0.2) is 0 Å². The standard InChI is InChI=1S/C15H27N/c16-15(12-13-8-4-3-5-9-13)14-10-6-1-2-7-11-14/h8,14-15H,1-7,9-12,16H2. The molecule has 2 aliphatic rings. The summed E-state index contributed by atoms with van der Waals surface area (Å²) in [6.07, 6.45) is 17.5. The van der Waals surface area contributed by atoms with Crippen molar-refractivity contribution in [3.8, 4) is 0 Å². The molecule has 2 rings (SSSR count). The van der Waals surface area contributed by atoms with E-state index >= 15 is 0 Å². The molecule has 0 aromatic heterocycles. The zero-order valence-electron chi connectivity index (χ0n) is 10.6. The Labute approximate surface area is 100 Å². The van der Waals surface area contributed by atoms with Crippen LogP contribution in [0.2, 0.25) is 0 Å². The van der Waals surface area contributed by atoms with E-state index in [0.717, 1.165) is 5.92 Å². The summed E-state index contributed by atoms with van der Waals surface area (Å²) in [5.74, 6) is 0.810. The summed E-state index contributed by atoms with van der Waals surface area (Å²) >= 11 is 0. The highest BCUT2D eigenvalue weighted by Crippen LogP contribution is 2.29. The van der Waals surface area contributed by atoms with Gasteiger partial charge in [-0.1, -0.05) is 37.3 Å². The van der Waals surface area contributed by atoms with Crippen molar-refractivity contribution in [2.24, 2.45) is 11.7 Å². The highest BCUT2D eigenvalue weighted by Gasteiger charge is 2.20. The summed E-state index contributed by atoms with van der Waals surface area (Å²) in [4.78, 5) is 0. The second kappa shape index (κ2) is 6.44. The van der Waals surface area contributed by atoms with Gasteiger partial charge in [-0.05, 0) is 50.9 Å². The van der Waals surface area contributed by atoms with Gasteiger partial charge >= 0.3 is 0 Å². The molecular weight excluding hydrogens is 194 g/mol. The molecule has 0 aliphatic heterocycles. The van der Waals surface area contributed by atoms with Crippen LogP contribution < -0.4 is 5.73 Å². The zero-order valence-corrected chi connectivity index (χ0v) is 10.6. The van der Waals surface area contributed by atoms with Gasteiger partial charge in [0.2, 0.25) is 0 Å². The Hall–Kier alpha value is -0.300. The van der Waals surface area contributed by atoms with Gasteiger partial charge in [-0.2, -0.15) is 0 Å². The third-order valence-corrected chi connectivity index (χ3v) is 4.39. The van der Waals surface area contributed by atoms with Crippen LogP contribution in [0.1, 0.15) is 70.6 Å². The zero-order chi connectivity index (χ0) is 11.2. The first-order chi connectivity index (χ1) is 7.86. The Kier molecular flexibility index (Phi) is 4.90. The van der Waals surface area contributed by atoms with Crippen LogP contribution in [0.4, 0.5) is 0 Å². The van der Waals surface area contributed by atoms with Crippen molar-refractivity contribution in [3.63, 3.8) is 0 Å². The predicted molar refractivity (Wildman–Crippen MR) is 70.3 cm³/mol. The molecule has 2 aliphatic carbocycles. The smallest absolute Gasteiger partial charge is 0.0104 e. The van der Waals surface area contributed by atoms with E-state index in [4.69, 9.17) is 5.73 Å². The number of rotatable bonds is 3. The topological polar surface area (TPSA) is 26.0 Å². The molecule has 2 N–H and O–H groups in total. The largest absolute Gasteiger partial charge is 0.327 e. The van der Waals surface area contributed by atoms with Crippen molar-refractivity contribution in [2.45, 2.75) is 76.7 Å². The average Bonchev–Trinajstić information content (AvgIpc) is 2.59. The van der Waals surface area contributed by atoms with Crippen LogP contribution >= 0.6 is 0 Å². The van der Waals surface area contributed by atoms with Crippen molar-refractivity contribution in [3.05, 3.63) is 11.6 Å². The molecule has 1 unspecified atom stereocenters. The first-order valence-electron chi connectivity index (χ1n) is 7.30. The quantitative estimate of drug-likeness (QED) is 0.561. The van der Waals surface area contributed by atoms with Crippen molar-refractivity contribution in [2.75, 3.05) is 0 Å². The van der Waals surface area contributed by atoms with Crippen LogP contribution in [0.25, 0.3) is 0 Å². The second-order valence-corrected chi connectivity index (χ2v) is 5.73. The van der Waals surface area contributed by atoms with E-state index in [0.29, 0.717) is 6.04 Å². The minimum atomic E-state index is 0.447. The lowest BCUT2D eigenvalue weighted by molar-refractivity contribution is 0.368. The molecule has 0 amide bonds. The minimum absolute atomic E-state index is 0.447. The molecule has 92 valence electrons. The van der Waals surface area contributed by atoms with E-state index in [1.165, 1.54) is 70.6 Å². The Bertz CT molecular complexity index is 224. The van der Waals surface area contributed by atoms with E-state index in [1.807, 2.05) is 0 Å². The van der Waals surface area contributed by atoms with E-state index < -0.39 is 0 Å². The fourth-order valence-electron chi connectivity index (χ4n) is 3.30. The fourth-order valence-corrected chi connectivity index (χ4v) is 3.30. The molecule has 0 heterocycles. The average molecular weight is 221 g/mol. The van der Waals surface area contributed by atoms with Crippen molar-refractivity contribution in [1.29, 1.82) is 0 Å². The number of hydrogen-bond donors (Lipinski definition) is 1. The van der Waals surface area contributed by atoms with Gasteiger partial charge in [0.05, 0.1) is 0 Å². The summed E-state index contributed by atoms with van der Waals surface area (Å²) in [6, 6.07) is 0.447. The van der Waals surface area contributed by atoms with Gasteiger partial charge in [0.25, 0.3) is 0 Å². The highest BCUT2D eigenvalue weighted by atomic mass is 14.6.